The fourth-order valence-corrected chi connectivity index (χ4v) is 3.50. The highest BCUT2D eigenvalue weighted by atomic mass is 35.5. The summed E-state index contributed by atoms with van der Waals surface area (Å²) in [6, 6.07) is 16.5. The van der Waals surface area contributed by atoms with E-state index in [0.717, 1.165) is 22.1 Å². The molecule has 4 rings (SSSR count). The molecule has 0 aliphatic heterocycles. The molecule has 4 aromatic rings. The summed E-state index contributed by atoms with van der Waals surface area (Å²) in [5.74, 6) is -0.381. The van der Waals surface area contributed by atoms with Crippen LogP contribution < -0.4 is 5.56 Å². The first-order valence-corrected chi connectivity index (χ1v) is 9.46. The average Bonchev–Trinajstić information content (AvgIpc) is 2.72. The number of nitrogens with one attached hydrogen (secondary N) is 1. The molecule has 0 unspecified atom stereocenters. The van der Waals surface area contributed by atoms with E-state index in [1.807, 2.05) is 43.3 Å². The van der Waals surface area contributed by atoms with Gasteiger partial charge in [0.25, 0.3) is 5.56 Å². The number of benzene rings is 2. The summed E-state index contributed by atoms with van der Waals surface area (Å²) >= 11 is 6.21. The standard InChI is InChI=1S/C24H17ClN2O2/c1-15-11-16(14-26-13-15)7-10-21(28)23-22(17-5-3-2-4-6-17)19-12-18(25)8-9-20(19)27-24(23)29/h2-14H,1H3,(H,27,29)/b10-7+. The normalized spacial score (nSPS) is 11.2. The summed E-state index contributed by atoms with van der Waals surface area (Å²) < 4.78 is 0. The number of allylic oxidation sites excluding steroid dienone is 1. The van der Waals surface area contributed by atoms with Crippen molar-refractivity contribution >= 4 is 34.4 Å². The third-order valence-electron chi connectivity index (χ3n) is 4.61. The number of rotatable bonds is 4. The summed E-state index contributed by atoms with van der Waals surface area (Å²) in [7, 11) is 0. The Kier molecular flexibility index (Phi) is 5.10. The van der Waals surface area contributed by atoms with Crippen LogP contribution in [0, 0.1) is 6.92 Å². The first kappa shape index (κ1) is 18.8. The second-order valence-corrected chi connectivity index (χ2v) is 7.19. The second kappa shape index (κ2) is 7.86. The zero-order valence-electron chi connectivity index (χ0n) is 15.6. The van der Waals surface area contributed by atoms with E-state index in [4.69, 9.17) is 11.6 Å². The van der Waals surface area contributed by atoms with E-state index >= 15 is 0 Å². The fraction of sp³-hybridized carbons (Fsp3) is 0.0417. The van der Waals surface area contributed by atoms with E-state index in [9.17, 15) is 9.59 Å². The number of halogens is 1. The lowest BCUT2D eigenvalue weighted by Crippen LogP contribution is -2.18. The van der Waals surface area contributed by atoms with Crippen molar-refractivity contribution in [1.82, 2.24) is 9.97 Å². The number of nitrogens with zero attached hydrogens (tertiary/aromatic N) is 1. The number of aromatic amines is 1. The van der Waals surface area contributed by atoms with Crippen molar-refractivity contribution in [1.29, 1.82) is 0 Å². The monoisotopic (exact) mass is 400 g/mol. The van der Waals surface area contributed by atoms with Crippen LogP contribution in [0.4, 0.5) is 0 Å². The van der Waals surface area contributed by atoms with Gasteiger partial charge >= 0.3 is 0 Å². The van der Waals surface area contributed by atoms with Crippen molar-refractivity contribution < 1.29 is 4.79 Å². The minimum Gasteiger partial charge on any atom is -0.321 e. The van der Waals surface area contributed by atoms with Gasteiger partial charge < -0.3 is 4.98 Å². The number of aromatic nitrogens is 2. The molecule has 0 radical (unpaired) electrons. The Morgan fingerprint density at radius 2 is 1.86 bits per heavy atom. The lowest BCUT2D eigenvalue weighted by Gasteiger charge is -2.11. The van der Waals surface area contributed by atoms with Gasteiger partial charge in [-0.3, -0.25) is 14.6 Å². The van der Waals surface area contributed by atoms with Gasteiger partial charge in [-0.1, -0.05) is 41.9 Å². The number of hydrogen-bond donors (Lipinski definition) is 1. The molecule has 0 fully saturated rings. The van der Waals surface area contributed by atoms with Gasteiger partial charge in [0.2, 0.25) is 0 Å². The molecule has 4 nitrogen and oxygen atoms in total. The van der Waals surface area contributed by atoms with E-state index in [0.29, 0.717) is 16.1 Å². The van der Waals surface area contributed by atoms with Crippen molar-refractivity contribution in [3.05, 3.63) is 105 Å². The summed E-state index contributed by atoms with van der Waals surface area (Å²) in [5, 5.41) is 1.25. The molecule has 0 saturated carbocycles. The Morgan fingerprint density at radius 1 is 1.07 bits per heavy atom. The summed E-state index contributed by atoms with van der Waals surface area (Å²) in [6.07, 6.45) is 6.48. The number of carbonyl (C=O) groups excluding carboxylic acids is 1. The van der Waals surface area contributed by atoms with Crippen molar-refractivity contribution in [2.24, 2.45) is 0 Å². The minimum absolute atomic E-state index is 0.0860. The predicted octanol–water partition coefficient (Wildman–Crippen LogP) is 5.45. The van der Waals surface area contributed by atoms with Gasteiger partial charge in [0.15, 0.2) is 5.78 Å². The molecular formula is C24H17ClN2O2. The zero-order chi connectivity index (χ0) is 20.4. The third kappa shape index (κ3) is 3.89. The minimum atomic E-state index is -0.435. The van der Waals surface area contributed by atoms with Gasteiger partial charge in [0, 0.05) is 33.9 Å². The first-order valence-electron chi connectivity index (χ1n) is 9.08. The number of pyridine rings is 2. The van der Waals surface area contributed by atoms with Crippen LogP contribution in [0.25, 0.3) is 28.1 Å². The van der Waals surface area contributed by atoms with Crippen LogP contribution in [-0.4, -0.2) is 15.8 Å². The molecule has 2 heterocycles. The van der Waals surface area contributed by atoms with E-state index in [-0.39, 0.29) is 11.3 Å². The van der Waals surface area contributed by atoms with Crippen molar-refractivity contribution in [3.63, 3.8) is 0 Å². The largest absolute Gasteiger partial charge is 0.321 e. The Hall–Kier alpha value is -3.50. The second-order valence-electron chi connectivity index (χ2n) is 6.75. The van der Waals surface area contributed by atoms with Gasteiger partial charge in [-0.15, -0.1) is 0 Å². The van der Waals surface area contributed by atoms with Crippen molar-refractivity contribution in [2.75, 3.05) is 0 Å². The molecular weight excluding hydrogens is 384 g/mol. The molecule has 0 spiro atoms. The van der Waals surface area contributed by atoms with Crippen LogP contribution >= 0.6 is 11.6 Å². The van der Waals surface area contributed by atoms with Gasteiger partial charge in [-0.05, 0) is 60.0 Å². The number of ketones is 1. The molecule has 2 aromatic carbocycles. The van der Waals surface area contributed by atoms with Crippen LogP contribution in [0.15, 0.2) is 77.9 Å². The maximum absolute atomic E-state index is 13.1. The van der Waals surface area contributed by atoms with E-state index in [1.165, 1.54) is 6.08 Å². The molecule has 0 aliphatic carbocycles. The van der Waals surface area contributed by atoms with E-state index in [1.54, 1.807) is 36.7 Å². The molecule has 0 aliphatic rings. The summed E-state index contributed by atoms with van der Waals surface area (Å²) in [5.41, 5.74) is 3.41. The van der Waals surface area contributed by atoms with Crippen molar-refractivity contribution in [2.45, 2.75) is 6.92 Å². The molecule has 0 bridgehead atoms. The predicted molar refractivity (Wildman–Crippen MR) is 117 cm³/mol. The molecule has 0 saturated heterocycles. The van der Waals surface area contributed by atoms with Crippen LogP contribution in [-0.2, 0) is 0 Å². The smallest absolute Gasteiger partial charge is 0.260 e. The summed E-state index contributed by atoms with van der Waals surface area (Å²) in [4.78, 5) is 32.9. The number of aryl methyl sites for hydroxylation is 1. The van der Waals surface area contributed by atoms with Crippen LogP contribution in [0.3, 0.4) is 0 Å². The fourth-order valence-electron chi connectivity index (χ4n) is 3.33. The summed E-state index contributed by atoms with van der Waals surface area (Å²) in [6.45, 7) is 1.93. The Morgan fingerprint density at radius 3 is 2.62 bits per heavy atom. The number of carbonyl (C=O) groups is 1. The molecule has 29 heavy (non-hydrogen) atoms. The lowest BCUT2D eigenvalue weighted by molar-refractivity contribution is 0.104. The Balaban J connectivity index is 1.92. The number of hydrogen-bond acceptors (Lipinski definition) is 3. The van der Waals surface area contributed by atoms with Crippen LogP contribution in [0.5, 0.6) is 0 Å². The molecule has 142 valence electrons. The van der Waals surface area contributed by atoms with Crippen molar-refractivity contribution in [3.8, 4) is 11.1 Å². The Labute approximate surface area is 172 Å². The zero-order valence-corrected chi connectivity index (χ0v) is 16.4. The van der Waals surface area contributed by atoms with Crippen LogP contribution in [0.1, 0.15) is 21.5 Å². The van der Waals surface area contributed by atoms with Crippen LogP contribution in [0.2, 0.25) is 5.02 Å². The SMILES string of the molecule is Cc1cncc(/C=C/C(=O)c2c(-c3ccccc3)c3cc(Cl)ccc3[nH]c2=O)c1. The Bertz CT molecular complexity index is 1310. The van der Waals surface area contributed by atoms with Gasteiger partial charge in [0.1, 0.15) is 0 Å². The molecule has 2 aromatic heterocycles. The van der Waals surface area contributed by atoms with Gasteiger partial charge in [-0.25, -0.2) is 0 Å². The molecule has 0 atom stereocenters. The van der Waals surface area contributed by atoms with E-state index in [2.05, 4.69) is 9.97 Å². The maximum Gasteiger partial charge on any atom is 0.260 e. The highest BCUT2D eigenvalue weighted by Crippen LogP contribution is 2.31. The number of H-pyrrole nitrogens is 1. The average molecular weight is 401 g/mol. The maximum atomic E-state index is 13.1. The topological polar surface area (TPSA) is 62.8 Å². The lowest BCUT2D eigenvalue weighted by atomic mass is 9.94. The first-order chi connectivity index (χ1) is 14.0. The van der Waals surface area contributed by atoms with Gasteiger partial charge in [0.05, 0.1) is 5.56 Å². The van der Waals surface area contributed by atoms with E-state index < -0.39 is 5.56 Å². The quantitative estimate of drug-likeness (QED) is 0.366. The molecule has 5 heteroatoms. The highest BCUT2D eigenvalue weighted by Gasteiger charge is 2.19. The number of fused-ring (bicyclic) bond motifs is 1. The molecule has 0 amide bonds. The highest BCUT2D eigenvalue weighted by molar-refractivity contribution is 6.31. The third-order valence-corrected chi connectivity index (χ3v) is 4.84. The van der Waals surface area contributed by atoms with Gasteiger partial charge in [-0.2, -0.15) is 0 Å². The molecule has 1 N–H and O–H groups in total.